The van der Waals surface area contributed by atoms with Gasteiger partial charge in [-0.05, 0) is 37.1 Å². The summed E-state index contributed by atoms with van der Waals surface area (Å²) in [6.07, 6.45) is 0.631. The second-order valence-electron chi connectivity index (χ2n) is 6.86. The van der Waals surface area contributed by atoms with Gasteiger partial charge in [-0.25, -0.2) is 8.78 Å². The van der Waals surface area contributed by atoms with E-state index in [-0.39, 0.29) is 44.2 Å². The van der Waals surface area contributed by atoms with E-state index in [1.165, 1.54) is 25.1 Å². The third kappa shape index (κ3) is 3.52. The van der Waals surface area contributed by atoms with E-state index in [1.807, 2.05) is 0 Å². The fraction of sp³-hybridized carbons (Fsp3) is 0.238. The molecule has 0 saturated heterocycles. The number of phenolic OH excluding ortho intramolecular Hbond substituents is 1. The monoisotopic (exact) mass is 455 g/mol. The molecule has 0 bridgehead atoms. The highest BCUT2D eigenvalue weighted by atomic mass is 35.5. The average molecular weight is 456 g/mol. The number of halogens is 4. The second-order valence-corrected chi connectivity index (χ2v) is 7.68. The third-order valence-corrected chi connectivity index (χ3v) is 5.74. The highest BCUT2D eigenvalue weighted by Crippen LogP contribution is 2.40. The lowest BCUT2D eigenvalue weighted by molar-refractivity contribution is -0.139. The van der Waals surface area contributed by atoms with Crippen molar-refractivity contribution < 1.29 is 28.6 Å². The Balaban J connectivity index is 2.40. The number of nitrogens with zero attached hydrogens (tertiary/aromatic N) is 1. The van der Waals surface area contributed by atoms with Crippen LogP contribution in [0.15, 0.2) is 24.3 Å². The Labute approximate surface area is 180 Å². The van der Waals surface area contributed by atoms with Gasteiger partial charge in [-0.3, -0.25) is 14.2 Å². The first-order chi connectivity index (χ1) is 14.1. The number of fused-ring (bicyclic) bond motifs is 1. The summed E-state index contributed by atoms with van der Waals surface area (Å²) in [6, 6.07) is 4.92. The van der Waals surface area contributed by atoms with Gasteiger partial charge in [0.25, 0.3) is 5.91 Å². The van der Waals surface area contributed by atoms with E-state index in [9.17, 15) is 28.6 Å². The lowest BCUT2D eigenvalue weighted by Gasteiger charge is -2.13. The van der Waals surface area contributed by atoms with Gasteiger partial charge in [-0.15, -0.1) is 0 Å². The number of aliphatic carboxylic acids is 1. The smallest absolute Gasteiger partial charge is 0.311 e. The van der Waals surface area contributed by atoms with Crippen LogP contribution in [0.25, 0.3) is 10.9 Å². The van der Waals surface area contributed by atoms with Crippen molar-refractivity contribution in [1.82, 2.24) is 4.57 Å². The van der Waals surface area contributed by atoms with E-state index in [4.69, 9.17) is 23.2 Å². The molecule has 0 fully saturated rings. The van der Waals surface area contributed by atoms with Gasteiger partial charge in [0.1, 0.15) is 0 Å². The third-order valence-electron chi connectivity index (χ3n) is 5.00. The molecule has 1 heterocycles. The Morgan fingerprint density at radius 3 is 2.40 bits per heavy atom. The molecule has 30 heavy (non-hydrogen) atoms. The molecule has 0 aliphatic carbocycles. The Hall–Kier alpha value is -2.64. The van der Waals surface area contributed by atoms with Crippen LogP contribution in [0.4, 0.5) is 8.78 Å². The number of aromatic nitrogens is 1. The van der Waals surface area contributed by atoms with Crippen LogP contribution in [-0.2, 0) is 4.79 Å². The summed E-state index contributed by atoms with van der Waals surface area (Å²) in [4.78, 5) is 25.1. The summed E-state index contributed by atoms with van der Waals surface area (Å²) >= 11 is 11.9. The summed E-state index contributed by atoms with van der Waals surface area (Å²) in [5, 5.41) is 19.5. The summed E-state index contributed by atoms with van der Waals surface area (Å²) in [5.41, 5.74) is 0.0484. The fourth-order valence-corrected chi connectivity index (χ4v) is 3.94. The zero-order chi connectivity index (χ0) is 22.3. The molecule has 0 spiro atoms. The van der Waals surface area contributed by atoms with Crippen LogP contribution in [0, 0.1) is 18.6 Å². The maximum absolute atomic E-state index is 14.9. The average Bonchev–Trinajstić information content (AvgIpc) is 2.97. The minimum Gasteiger partial charge on any atom is -0.503 e. The van der Waals surface area contributed by atoms with Gasteiger partial charge in [0.15, 0.2) is 17.4 Å². The number of rotatable bonds is 5. The van der Waals surface area contributed by atoms with Crippen LogP contribution in [0.2, 0.25) is 10.0 Å². The zero-order valence-corrected chi connectivity index (χ0v) is 17.5. The lowest BCUT2D eigenvalue weighted by Crippen LogP contribution is -2.16. The number of phenols is 1. The number of hydrogen-bond acceptors (Lipinski definition) is 3. The Kier molecular flexibility index (Phi) is 6.06. The second kappa shape index (κ2) is 8.24. The van der Waals surface area contributed by atoms with Crippen molar-refractivity contribution in [3.05, 3.63) is 62.8 Å². The van der Waals surface area contributed by atoms with Crippen LogP contribution >= 0.6 is 23.2 Å². The van der Waals surface area contributed by atoms with Crippen LogP contribution in [0.1, 0.15) is 47.3 Å². The Morgan fingerprint density at radius 1 is 1.17 bits per heavy atom. The van der Waals surface area contributed by atoms with E-state index in [2.05, 4.69) is 0 Å². The first kappa shape index (κ1) is 22.1. The molecule has 9 heteroatoms. The van der Waals surface area contributed by atoms with Gasteiger partial charge in [0.05, 0.1) is 21.5 Å². The maximum Gasteiger partial charge on any atom is 0.311 e. The molecule has 158 valence electrons. The molecule has 5 nitrogen and oxygen atoms in total. The van der Waals surface area contributed by atoms with Crippen LogP contribution in [0.5, 0.6) is 5.75 Å². The molecule has 2 aromatic carbocycles. The van der Waals surface area contributed by atoms with Crippen LogP contribution < -0.4 is 0 Å². The molecule has 0 aliphatic rings. The van der Waals surface area contributed by atoms with E-state index >= 15 is 0 Å². The number of carboxylic acids is 1. The Bertz CT molecular complexity index is 1190. The molecule has 0 amide bonds. The van der Waals surface area contributed by atoms with Crippen molar-refractivity contribution in [2.45, 2.75) is 32.6 Å². The number of carbonyl (C=O) groups excluding carboxylic acids is 1. The van der Waals surface area contributed by atoms with E-state index in [1.54, 1.807) is 6.92 Å². The van der Waals surface area contributed by atoms with Crippen molar-refractivity contribution >= 4 is 46.0 Å². The number of benzene rings is 2. The molecule has 0 saturated carbocycles. The molecule has 3 aromatic rings. The largest absolute Gasteiger partial charge is 0.503 e. The van der Waals surface area contributed by atoms with Crippen LogP contribution in [0.3, 0.4) is 0 Å². The molecule has 1 atom stereocenters. The predicted octanol–water partition coefficient (Wildman–Crippen LogP) is 5.90. The van der Waals surface area contributed by atoms with Crippen molar-refractivity contribution in [2.24, 2.45) is 0 Å². The van der Waals surface area contributed by atoms with Crippen molar-refractivity contribution in [1.29, 1.82) is 0 Å². The molecule has 3 rings (SSSR count). The van der Waals surface area contributed by atoms with Crippen molar-refractivity contribution in [2.75, 3.05) is 0 Å². The predicted molar refractivity (Wildman–Crippen MR) is 110 cm³/mol. The molecular formula is C21H17Cl2F2NO4. The summed E-state index contributed by atoms with van der Waals surface area (Å²) in [6.45, 7) is 3.21. The van der Waals surface area contributed by atoms with Crippen LogP contribution in [-0.4, -0.2) is 26.7 Å². The summed E-state index contributed by atoms with van der Waals surface area (Å²) in [5.74, 6) is -6.86. The first-order valence-electron chi connectivity index (χ1n) is 9.04. The molecular weight excluding hydrogens is 439 g/mol. The minimum atomic E-state index is -1.31. The maximum atomic E-state index is 14.9. The molecule has 0 aliphatic heterocycles. The van der Waals surface area contributed by atoms with E-state index in [0.717, 1.165) is 10.6 Å². The number of carbonyl (C=O) groups is 2. The van der Waals surface area contributed by atoms with E-state index < -0.39 is 35.2 Å². The minimum absolute atomic E-state index is 0.0144. The quantitative estimate of drug-likeness (QED) is 0.501. The first-order valence-corrected chi connectivity index (χ1v) is 9.80. The summed E-state index contributed by atoms with van der Waals surface area (Å²) < 4.78 is 30.1. The normalized spacial score (nSPS) is 12.3. The van der Waals surface area contributed by atoms with Gasteiger partial charge in [0.2, 0.25) is 0 Å². The number of hydrogen-bond donors (Lipinski definition) is 2. The molecule has 1 unspecified atom stereocenters. The van der Waals surface area contributed by atoms with Gasteiger partial charge in [0, 0.05) is 22.7 Å². The van der Waals surface area contributed by atoms with Gasteiger partial charge in [-0.1, -0.05) is 36.5 Å². The van der Waals surface area contributed by atoms with Gasteiger partial charge >= 0.3 is 5.97 Å². The van der Waals surface area contributed by atoms with E-state index in [0.29, 0.717) is 6.42 Å². The standard InChI is InChI=1S/C21H17Cl2F2NO4/c1-3-4-11(21(29)30)16-9(2)26(15-8-14(24)19(27)18(25)17(15)16)20(28)10-5-6-12(22)13(23)7-10/h5-8,11,27H,3-4H2,1-2H3,(H,29,30). The SMILES string of the molecule is CCCC(C(=O)O)c1c(C)n(C(=O)c2ccc(Cl)c(Cl)c2)c2cc(F)c(O)c(F)c12. The van der Waals surface area contributed by atoms with Crippen molar-refractivity contribution in [3.63, 3.8) is 0 Å². The topological polar surface area (TPSA) is 79.5 Å². The number of aromatic hydroxyl groups is 1. The molecule has 1 aromatic heterocycles. The molecule has 0 radical (unpaired) electrons. The van der Waals surface area contributed by atoms with Crippen molar-refractivity contribution in [3.8, 4) is 5.75 Å². The Morgan fingerprint density at radius 2 is 1.83 bits per heavy atom. The zero-order valence-electron chi connectivity index (χ0n) is 16.0. The van der Waals surface area contributed by atoms with Gasteiger partial charge in [-0.2, -0.15) is 0 Å². The highest BCUT2D eigenvalue weighted by molar-refractivity contribution is 6.42. The lowest BCUT2D eigenvalue weighted by atomic mass is 9.92. The van der Waals surface area contributed by atoms with Gasteiger partial charge < -0.3 is 10.2 Å². The fourth-order valence-electron chi connectivity index (χ4n) is 3.64. The molecule has 2 N–H and O–H groups in total. The number of carboxylic acid groups (broad SMARTS) is 1. The highest BCUT2D eigenvalue weighted by Gasteiger charge is 2.32. The summed E-state index contributed by atoms with van der Waals surface area (Å²) in [7, 11) is 0.